The van der Waals surface area contributed by atoms with E-state index in [9.17, 15) is 26.3 Å². The minimum Gasteiger partial charge on any atom is -0.496 e. The fourth-order valence-electron chi connectivity index (χ4n) is 3.57. The lowest BCUT2D eigenvalue weighted by atomic mass is 9.72. The minimum absolute atomic E-state index is 0.0140. The number of piperidine rings is 1. The zero-order valence-corrected chi connectivity index (χ0v) is 13.6. The third kappa shape index (κ3) is 4.58. The van der Waals surface area contributed by atoms with Gasteiger partial charge in [-0.15, -0.1) is 0 Å². The number of ether oxygens (including phenoxy) is 1. The van der Waals surface area contributed by atoms with Gasteiger partial charge < -0.3 is 4.74 Å². The number of halogens is 6. The molecule has 9 heteroatoms. The molecule has 25 heavy (non-hydrogen) atoms. The topological polar surface area (TPSA) is 38.5 Å². The second kappa shape index (κ2) is 7.41. The van der Waals surface area contributed by atoms with Crippen molar-refractivity contribution in [2.45, 2.75) is 31.1 Å². The summed E-state index contributed by atoms with van der Waals surface area (Å²) in [7, 11) is 1.22. The van der Waals surface area contributed by atoms with Crippen LogP contribution >= 0.6 is 0 Å². The van der Waals surface area contributed by atoms with Crippen LogP contribution in [0.5, 0.6) is 5.75 Å². The summed E-state index contributed by atoms with van der Waals surface area (Å²) in [5, 5.41) is 1.28. The molecule has 2 N–H and O–H groups in total. The third-order valence-electron chi connectivity index (χ3n) is 4.56. The van der Waals surface area contributed by atoms with E-state index in [-0.39, 0.29) is 24.3 Å². The fraction of sp³-hybridized carbons (Fsp3) is 0.625. The molecule has 1 aromatic carbocycles. The Morgan fingerprint density at radius 2 is 1.72 bits per heavy atom. The Morgan fingerprint density at radius 1 is 1.12 bits per heavy atom. The van der Waals surface area contributed by atoms with Gasteiger partial charge in [0.25, 0.3) is 0 Å². The molecular weight excluding hydrogens is 350 g/mol. The molecule has 1 aromatic rings. The van der Waals surface area contributed by atoms with E-state index in [1.54, 1.807) is 0 Å². The van der Waals surface area contributed by atoms with Crippen LogP contribution in [-0.4, -0.2) is 37.6 Å². The van der Waals surface area contributed by atoms with E-state index in [0.717, 1.165) is 0 Å². The van der Waals surface area contributed by atoms with Crippen molar-refractivity contribution in [2.75, 3.05) is 20.2 Å². The van der Waals surface area contributed by atoms with E-state index in [2.05, 4.69) is 0 Å². The SMILES string of the molecule is COc1ccccc1C(C1CCCN(N)C1)C(C(F)(F)F)C(F)(F)F. The Bertz CT molecular complexity index is 560. The van der Waals surface area contributed by atoms with E-state index in [1.165, 1.54) is 36.4 Å². The highest BCUT2D eigenvalue weighted by Gasteiger charge is 2.62. The Morgan fingerprint density at radius 3 is 2.24 bits per heavy atom. The number of hydrogen-bond acceptors (Lipinski definition) is 3. The lowest BCUT2D eigenvalue weighted by Crippen LogP contribution is -2.48. The van der Waals surface area contributed by atoms with Crippen LogP contribution in [0, 0.1) is 11.8 Å². The summed E-state index contributed by atoms with van der Waals surface area (Å²) in [5.41, 5.74) is -0.0926. The van der Waals surface area contributed by atoms with Gasteiger partial charge in [0, 0.05) is 19.0 Å². The smallest absolute Gasteiger partial charge is 0.401 e. The van der Waals surface area contributed by atoms with Crippen LogP contribution in [0.4, 0.5) is 26.3 Å². The Balaban J connectivity index is 2.58. The van der Waals surface area contributed by atoms with Crippen LogP contribution in [0.3, 0.4) is 0 Å². The Hall–Kier alpha value is -1.48. The zero-order valence-electron chi connectivity index (χ0n) is 13.6. The molecule has 0 spiro atoms. The first kappa shape index (κ1) is 19.8. The molecule has 0 amide bonds. The molecule has 1 fully saturated rings. The van der Waals surface area contributed by atoms with Crippen molar-refractivity contribution in [2.24, 2.45) is 17.7 Å². The van der Waals surface area contributed by atoms with Gasteiger partial charge in [-0.2, -0.15) is 26.3 Å². The van der Waals surface area contributed by atoms with Crippen molar-refractivity contribution in [3.63, 3.8) is 0 Å². The predicted octanol–water partition coefficient (Wildman–Crippen LogP) is 4.11. The first-order valence-corrected chi connectivity index (χ1v) is 7.81. The van der Waals surface area contributed by atoms with Crippen molar-refractivity contribution in [1.29, 1.82) is 0 Å². The molecule has 142 valence electrons. The van der Waals surface area contributed by atoms with Gasteiger partial charge >= 0.3 is 12.4 Å². The second-order valence-corrected chi connectivity index (χ2v) is 6.23. The van der Waals surface area contributed by atoms with Gasteiger partial charge in [-0.25, -0.2) is 5.01 Å². The zero-order chi connectivity index (χ0) is 18.8. The molecule has 2 unspecified atom stereocenters. The number of alkyl halides is 6. The summed E-state index contributed by atoms with van der Waals surface area (Å²) in [6, 6.07) is 5.56. The average molecular weight is 370 g/mol. The summed E-state index contributed by atoms with van der Waals surface area (Å²) in [4.78, 5) is 0. The minimum atomic E-state index is -5.43. The monoisotopic (exact) mass is 370 g/mol. The third-order valence-corrected chi connectivity index (χ3v) is 4.56. The average Bonchev–Trinajstić information content (AvgIpc) is 2.50. The molecular formula is C16H20F6N2O. The number of nitrogens with zero attached hydrogens (tertiary/aromatic N) is 1. The van der Waals surface area contributed by atoms with Crippen LogP contribution in [0.15, 0.2) is 24.3 Å². The number of hydrazine groups is 1. The highest BCUT2D eigenvalue weighted by atomic mass is 19.4. The van der Waals surface area contributed by atoms with Gasteiger partial charge in [-0.1, -0.05) is 18.2 Å². The summed E-state index contributed by atoms with van der Waals surface area (Å²) >= 11 is 0. The van der Waals surface area contributed by atoms with E-state index in [1.807, 2.05) is 0 Å². The van der Waals surface area contributed by atoms with E-state index in [4.69, 9.17) is 10.6 Å². The lowest BCUT2D eigenvalue weighted by Gasteiger charge is -2.40. The molecule has 0 aliphatic carbocycles. The summed E-state index contributed by atoms with van der Waals surface area (Å²) in [6.07, 6.45) is -10.2. The van der Waals surface area contributed by atoms with Crippen LogP contribution < -0.4 is 10.6 Å². The quantitative estimate of drug-likeness (QED) is 0.641. The molecule has 1 heterocycles. The van der Waals surface area contributed by atoms with Crippen LogP contribution in [0.25, 0.3) is 0 Å². The number of methoxy groups -OCH3 is 1. The van der Waals surface area contributed by atoms with Crippen LogP contribution in [0.1, 0.15) is 24.3 Å². The van der Waals surface area contributed by atoms with Crippen molar-refractivity contribution >= 4 is 0 Å². The molecule has 1 aliphatic heterocycles. The molecule has 0 aromatic heterocycles. The molecule has 0 saturated carbocycles. The first-order chi connectivity index (χ1) is 11.6. The van der Waals surface area contributed by atoms with Crippen molar-refractivity contribution in [1.82, 2.24) is 5.01 Å². The number of rotatable bonds is 4. The van der Waals surface area contributed by atoms with Gasteiger partial charge in [0.1, 0.15) is 5.75 Å². The number of nitrogens with two attached hydrogens (primary N) is 1. The predicted molar refractivity (Wildman–Crippen MR) is 79.8 cm³/mol. The van der Waals surface area contributed by atoms with Crippen molar-refractivity contribution in [3.05, 3.63) is 29.8 Å². The molecule has 2 rings (SSSR count). The molecule has 0 bridgehead atoms. The van der Waals surface area contributed by atoms with E-state index >= 15 is 0 Å². The van der Waals surface area contributed by atoms with Gasteiger partial charge in [-0.05, 0) is 30.4 Å². The molecule has 0 radical (unpaired) electrons. The number of hydrogen-bond donors (Lipinski definition) is 1. The molecule has 2 atom stereocenters. The molecule has 1 saturated heterocycles. The normalized spacial score (nSPS) is 21.4. The maximum absolute atomic E-state index is 13.4. The summed E-state index contributed by atoms with van der Waals surface area (Å²) in [5.74, 6) is -0.498. The molecule has 1 aliphatic rings. The van der Waals surface area contributed by atoms with Crippen LogP contribution in [-0.2, 0) is 0 Å². The fourth-order valence-corrected chi connectivity index (χ4v) is 3.57. The maximum Gasteiger partial charge on any atom is 0.401 e. The highest BCUT2D eigenvalue weighted by Crippen LogP contribution is 2.53. The number of benzene rings is 1. The van der Waals surface area contributed by atoms with Crippen molar-refractivity contribution < 1.29 is 31.1 Å². The standard InChI is InChI=1S/C16H20F6N2O/c1-25-12-7-3-2-6-11(12)13(10-5-4-8-24(23)9-10)14(15(17,18)19)16(20,21)22/h2-3,6-7,10,13-14H,4-5,8-9,23H2,1H3. The maximum atomic E-state index is 13.4. The van der Waals surface area contributed by atoms with Crippen molar-refractivity contribution in [3.8, 4) is 5.75 Å². The highest BCUT2D eigenvalue weighted by molar-refractivity contribution is 5.38. The van der Waals surface area contributed by atoms with E-state index < -0.39 is 30.1 Å². The summed E-state index contributed by atoms with van der Waals surface area (Å²) in [6.45, 7) is 0.406. The number of para-hydroxylation sites is 1. The van der Waals surface area contributed by atoms with Crippen LogP contribution in [0.2, 0.25) is 0 Å². The van der Waals surface area contributed by atoms with Gasteiger partial charge in [-0.3, -0.25) is 5.84 Å². The largest absolute Gasteiger partial charge is 0.496 e. The molecule has 3 nitrogen and oxygen atoms in total. The summed E-state index contributed by atoms with van der Waals surface area (Å²) < 4.78 is 85.6. The Kier molecular flexibility index (Phi) is 5.88. The first-order valence-electron chi connectivity index (χ1n) is 7.81. The second-order valence-electron chi connectivity index (χ2n) is 6.23. The van der Waals surface area contributed by atoms with Gasteiger partial charge in [0.15, 0.2) is 5.92 Å². The van der Waals surface area contributed by atoms with E-state index in [0.29, 0.717) is 13.0 Å². The van der Waals surface area contributed by atoms with Gasteiger partial charge in [0.05, 0.1) is 7.11 Å². The lowest BCUT2D eigenvalue weighted by molar-refractivity contribution is -0.294. The van der Waals surface area contributed by atoms with Gasteiger partial charge in [0.2, 0.25) is 0 Å². The Labute approximate surface area is 141 Å².